The lowest BCUT2D eigenvalue weighted by molar-refractivity contribution is -0.122. The van der Waals surface area contributed by atoms with Crippen molar-refractivity contribution in [3.8, 4) is 0 Å². The maximum atomic E-state index is 11.6. The molecule has 0 aliphatic carbocycles. The Bertz CT molecular complexity index is 447. The van der Waals surface area contributed by atoms with Gasteiger partial charge in [0.15, 0.2) is 0 Å². The van der Waals surface area contributed by atoms with Crippen molar-refractivity contribution in [1.29, 1.82) is 0 Å². The third-order valence-corrected chi connectivity index (χ3v) is 2.55. The van der Waals surface area contributed by atoms with E-state index in [1.807, 2.05) is 26.0 Å². The van der Waals surface area contributed by atoms with E-state index >= 15 is 0 Å². The van der Waals surface area contributed by atoms with Crippen LogP contribution in [0.2, 0.25) is 0 Å². The molecule has 104 valence electrons. The lowest BCUT2D eigenvalue weighted by Gasteiger charge is -2.17. The van der Waals surface area contributed by atoms with Crippen molar-refractivity contribution in [3.63, 3.8) is 0 Å². The minimum absolute atomic E-state index is 0.0807. The van der Waals surface area contributed by atoms with Crippen LogP contribution in [0.25, 0.3) is 0 Å². The molecular formula is C14H21N3O2. The second-order valence-corrected chi connectivity index (χ2v) is 5.22. The molecule has 1 aromatic rings. The van der Waals surface area contributed by atoms with Crippen molar-refractivity contribution in [2.75, 3.05) is 7.05 Å². The highest BCUT2D eigenvalue weighted by molar-refractivity contribution is 5.93. The molecule has 0 unspecified atom stereocenters. The van der Waals surface area contributed by atoms with Gasteiger partial charge in [-0.3, -0.25) is 9.59 Å². The minimum atomic E-state index is -0.507. The van der Waals surface area contributed by atoms with E-state index in [2.05, 4.69) is 10.6 Å². The first-order valence-electron chi connectivity index (χ1n) is 6.18. The van der Waals surface area contributed by atoms with E-state index < -0.39 is 5.54 Å². The zero-order chi connectivity index (χ0) is 14.5. The fraction of sp³-hybridized carbons (Fsp3) is 0.429. The summed E-state index contributed by atoms with van der Waals surface area (Å²) in [7, 11) is 1.59. The van der Waals surface area contributed by atoms with E-state index in [-0.39, 0.29) is 18.2 Å². The van der Waals surface area contributed by atoms with Crippen LogP contribution in [0.5, 0.6) is 0 Å². The van der Waals surface area contributed by atoms with Gasteiger partial charge in [0.2, 0.25) is 5.91 Å². The summed E-state index contributed by atoms with van der Waals surface area (Å²) in [5.74, 6) is -0.205. The van der Waals surface area contributed by atoms with E-state index in [0.29, 0.717) is 12.1 Å². The Morgan fingerprint density at radius 1 is 1.21 bits per heavy atom. The quantitative estimate of drug-likeness (QED) is 0.734. The van der Waals surface area contributed by atoms with Gasteiger partial charge in [0.25, 0.3) is 5.91 Å². The summed E-state index contributed by atoms with van der Waals surface area (Å²) in [5, 5.41) is 5.35. The number of rotatable bonds is 5. The minimum Gasteiger partial charge on any atom is -0.355 e. The van der Waals surface area contributed by atoms with Crippen molar-refractivity contribution in [2.45, 2.75) is 32.4 Å². The number of nitrogens with two attached hydrogens (primary N) is 1. The molecule has 1 rings (SSSR count). The molecule has 19 heavy (non-hydrogen) atoms. The zero-order valence-corrected chi connectivity index (χ0v) is 11.6. The number of hydrogen-bond acceptors (Lipinski definition) is 3. The van der Waals surface area contributed by atoms with Crippen molar-refractivity contribution in [1.82, 2.24) is 10.6 Å². The molecule has 0 atom stereocenters. The molecule has 0 aliphatic heterocycles. The summed E-state index contributed by atoms with van der Waals surface area (Å²) in [6.07, 6.45) is 0.281. The molecule has 0 aromatic heterocycles. The van der Waals surface area contributed by atoms with Crippen molar-refractivity contribution >= 4 is 11.8 Å². The Morgan fingerprint density at radius 3 is 2.26 bits per heavy atom. The van der Waals surface area contributed by atoms with E-state index in [4.69, 9.17) is 5.73 Å². The molecule has 4 N–H and O–H groups in total. The van der Waals surface area contributed by atoms with Gasteiger partial charge in [-0.1, -0.05) is 12.1 Å². The first kappa shape index (κ1) is 15.2. The predicted molar refractivity (Wildman–Crippen MR) is 74.6 cm³/mol. The van der Waals surface area contributed by atoms with Gasteiger partial charge in [-0.25, -0.2) is 0 Å². The molecule has 0 heterocycles. The topological polar surface area (TPSA) is 84.2 Å². The van der Waals surface area contributed by atoms with Gasteiger partial charge in [0.05, 0.1) is 0 Å². The summed E-state index contributed by atoms with van der Waals surface area (Å²) in [6, 6.07) is 7.09. The fourth-order valence-electron chi connectivity index (χ4n) is 1.60. The van der Waals surface area contributed by atoms with E-state index in [1.54, 1.807) is 19.2 Å². The van der Waals surface area contributed by atoms with Gasteiger partial charge in [-0.05, 0) is 31.5 Å². The highest BCUT2D eigenvalue weighted by Gasteiger charge is 2.15. The number of hydrogen-bond donors (Lipinski definition) is 3. The van der Waals surface area contributed by atoms with Crippen molar-refractivity contribution < 1.29 is 9.59 Å². The van der Waals surface area contributed by atoms with Gasteiger partial charge in [-0.15, -0.1) is 0 Å². The number of benzene rings is 1. The molecule has 5 nitrogen and oxygen atoms in total. The van der Waals surface area contributed by atoms with E-state index in [1.165, 1.54) is 0 Å². The Kier molecular flexibility index (Phi) is 5.06. The summed E-state index contributed by atoms with van der Waals surface area (Å²) in [4.78, 5) is 23.0. The fourth-order valence-corrected chi connectivity index (χ4v) is 1.60. The van der Waals surface area contributed by atoms with Crippen molar-refractivity contribution in [3.05, 3.63) is 35.4 Å². The summed E-state index contributed by atoms with van der Waals surface area (Å²) < 4.78 is 0. The average molecular weight is 263 g/mol. The van der Waals surface area contributed by atoms with Crippen LogP contribution in [-0.2, 0) is 11.3 Å². The smallest absolute Gasteiger partial charge is 0.251 e. The number of carbonyl (C=O) groups is 2. The Balaban J connectivity index is 2.50. The molecule has 1 aromatic carbocycles. The number of carbonyl (C=O) groups excluding carboxylic acids is 2. The molecule has 0 aliphatic rings. The van der Waals surface area contributed by atoms with Gasteiger partial charge in [0.1, 0.15) is 0 Å². The van der Waals surface area contributed by atoms with Crippen LogP contribution in [0.15, 0.2) is 24.3 Å². The molecule has 0 fully saturated rings. The number of nitrogens with one attached hydrogen (secondary N) is 2. The third kappa shape index (κ3) is 5.52. The Morgan fingerprint density at radius 2 is 1.79 bits per heavy atom. The van der Waals surface area contributed by atoms with Crippen LogP contribution in [0.3, 0.4) is 0 Å². The maximum Gasteiger partial charge on any atom is 0.251 e. The number of amides is 2. The van der Waals surface area contributed by atoms with Gasteiger partial charge >= 0.3 is 0 Å². The molecule has 0 saturated carbocycles. The van der Waals surface area contributed by atoms with Crippen LogP contribution >= 0.6 is 0 Å². The van der Waals surface area contributed by atoms with E-state index in [9.17, 15) is 9.59 Å². The first-order chi connectivity index (χ1) is 8.81. The predicted octanol–water partition coefficient (Wildman–Crippen LogP) is 0.790. The Labute approximate surface area is 113 Å². The second kappa shape index (κ2) is 6.33. The summed E-state index contributed by atoms with van der Waals surface area (Å²) >= 11 is 0. The largest absolute Gasteiger partial charge is 0.355 e. The average Bonchev–Trinajstić information content (AvgIpc) is 2.34. The third-order valence-electron chi connectivity index (χ3n) is 2.55. The van der Waals surface area contributed by atoms with Crippen LogP contribution in [0, 0.1) is 0 Å². The Hall–Kier alpha value is -1.88. The second-order valence-electron chi connectivity index (χ2n) is 5.22. The SMILES string of the molecule is CNC(=O)c1ccc(CNC(=O)CC(C)(C)N)cc1. The molecule has 0 bridgehead atoms. The highest BCUT2D eigenvalue weighted by atomic mass is 16.2. The van der Waals surface area contributed by atoms with Crippen LogP contribution in [0.4, 0.5) is 0 Å². The standard InChI is InChI=1S/C14H21N3O2/c1-14(2,15)8-12(18)17-9-10-4-6-11(7-5-10)13(19)16-3/h4-7H,8-9,15H2,1-3H3,(H,16,19)(H,17,18). The van der Waals surface area contributed by atoms with Crippen molar-refractivity contribution in [2.24, 2.45) is 5.73 Å². The van der Waals surface area contributed by atoms with Gasteiger partial charge in [-0.2, -0.15) is 0 Å². The maximum absolute atomic E-state index is 11.6. The van der Waals surface area contributed by atoms with Gasteiger partial charge < -0.3 is 16.4 Å². The normalized spacial score (nSPS) is 10.9. The summed E-state index contributed by atoms with van der Waals surface area (Å²) in [5.41, 5.74) is 6.80. The van der Waals surface area contributed by atoms with Gasteiger partial charge in [0, 0.05) is 31.1 Å². The molecule has 0 radical (unpaired) electrons. The molecule has 5 heteroatoms. The molecule has 0 saturated heterocycles. The summed E-state index contributed by atoms with van der Waals surface area (Å²) in [6.45, 7) is 4.05. The lowest BCUT2D eigenvalue weighted by Crippen LogP contribution is -2.38. The van der Waals surface area contributed by atoms with E-state index in [0.717, 1.165) is 5.56 Å². The monoisotopic (exact) mass is 263 g/mol. The lowest BCUT2D eigenvalue weighted by atomic mass is 10.0. The highest BCUT2D eigenvalue weighted by Crippen LogP contribution is 2.06. The van der Waals surface area contributed by atoms with Crippen LogP contribution in [0.1, 0.15) is 36.2 Å². The van der Waals surface area contributed by atoms with Crippen LogP contribution in [-0.4, -0.2) is 24.4 Å². The zero-order valence-electron chi connectivity index (χ0n) is 11.6. The molecular weight excluding hydrogens is 242 g/mol. The first-order valence-corrected chi connectivity index (χ1v) is 6.18. The molecule has 0 spiro atoms. The molecule has 2 amide bonds. The van der Waals surface area contributed by atoms with Crippen LogP contribution < -0.4 is 16.4 Å².